The molecule has 0 fully saturated rings. The summed E-state index contributed by atoms with van der Waals surface area (Å²) >= 11 is 0. The van der Waals surface area contributed by atoms with Crippen LogP contribution in [0.1, 0.15) is 13.8 Å². The maximum atomic E-state index is 12.4. The summed E-state index contributed by atoms with van der Waals surface area (Å²) in [6.45, 7) is 3.45. The van der Waals surface area contributed by atoms with Gasteiger partial charge < -0.3 is 10.1 Å². The highest BCUT2D eigenvalue weighted by atomic mass is 35.5. The molecule has 0 saturated heterocycles. The van der Waals surface area contributed by atoms with E-state index in [2.05, 4.69) is 14.8 Å². The van der Waals surface area contributed by atoms with Crippen molar-refractivity contribution in [1.82, 2.24) is 10.0 Å². The highest BCUT2D eigenvalue weighted by Crippen LogP contribution is 2.27. The quantitative estimate of drug-likeness (QED) is 0.563. The molecule has 3 N–H and O–H groups in total. The monoisotopic (exact) mass is 401 g/mol. The van der Waals surface area contributed by atoms with E-state index in [1.165, 1.54) is 32.2 Å². The third-order valence-electron chi connectivity index (χ3n) is 3.19. The molecule has 1 atom stereocenters. The minimum Gasteiger partial charge on any atom is -0.497 e. The van der Waals surface area contributed by atoms with Crippen LogP contribution in [0.2, 0.25) is 0 Å². The molecule has 0 aliphatic carbocycles. The van der Waals surface area contributed by atoms with Crippen LogP contribution in [0.25, 0.3) is 0 Å². The lowest BCUT2D eigenvalue weighted by atomic mass is 10.3. The highest BCUT2D eigenvalue weighted by Gasteiger charge is 2.22. The van der Waals surface area contributed by atoms with Gasteiger partial charge in [-0.25, -0.2) is 21.6 Å². The van der Waals surface area contributed by atoms with Crippen molar-refractivity contribution in [2.45, 2.75) is 24.8 Å². The fraction of sp³-hybridized carbons (Fsp3) is 0.538. The average Bonchev–Trinajstić information content (AvgIpc) is 2.51. The molecule has 0 spiro atoms. The Morgan fingerprint density at radius 2 is 1.83 bits per heavy atom. The molecule has 0 aliphatic heterocycles. The molecule has 0 amide bonds. The fourth-order valence-electron chi connectivity index (χ4n) is 1.60. The molecule has 1 aromatic rings. The molecule has 1 unspecified atom stereocenters. The molecule has 0 bridgehead atoms. The van der Waals surface area contributed by atoms with E-state index >= 15 is 0 Å². The Balaban J connectivity index is 0.00000529. The van der Waals surface area contributed by atoms with Crippen LogP contribution in [0.4, 0.5) is 5.69 Å². The number of nitrogens with one attached hydrogen (secondary N) is 3. The Morgan fingerprint density at radius 3 is 2.33 bits per heavy atom. The van der Waals surface area contributed by atoms with E-state index in [-0.39, 0.29) is 41.3 Å². The maximum Gasteiger partial charge on any atom is 0.242 e. The molecule has 8 nitrogen and oxygen atoms in total. The number of benzene rings is 1. The predicted molar refractivity (Wildman–Crippen MR) is 97.0 cm³/mol. The Morgan fingerprint density at radius 1 is 1.21 bits per heavy atom. The molecular weight excluding hydrogens is 378 g/mol. The summed E-state index contributed by atoms with van der Waals surface area (Å²) in [5, 5.41) is 2.91. The van der Waals surface area contributed by atoms with Crippen molar-refractivity contribution in [2.24, 2.45) is 0 Å². The normalized spacial score (nSPS) is 13.0. The number of likely N-dealkylation sites (N-methyl/N-ethyl adjacent to an activating group) is 1. The van der Waals surface area contributed by atoms with Gasteiger partial charge in [0.2, 0.25) is 20.0 Å². The van der Waals surface area contributed by atoms with Gasteiger partial charge in [0.15, 0.2) is 0 Å². The third-order valence-corrected chi connectivity index (χ3v) is 5.97. The van der Waals surface area contributed by atoms with Gasteiger partial charge in [-0.3, -0.25) is 4.72 Å². The minimum absolute atomic E-state index is 0. The van der Waals surface area contributed by atoms with Gasteiger partial charge in [0.1, 0.15) is 10.6 Å². The first-order valence-electron chi connectivity index (χ1n) is 7.00. The Bertz CT molecular complexity index is 738. The smallest absolute Gasteiger partial charge is 0.242 e. The predicted octanol–water partition coefficient (Wildman–Crippen LogP) is 0.765. The van der Waals surface area contributed by atoms with Crippen LogP contribution in [0.15, 0.2) is 23.1 Å². The second-order valence-corrected chi connectivity index (χ2v) is 8.66. The second-order valence-electron chi connectivity index (χ2n) is 4.91. The van der Waals surface area contributed by atoms with Gasteiger partial charge in [0.05, 0.1) is 18.6 Å². The highest BCUT2D eigenvalue weighted by molar-refractivity contribution is 7.93. The van der Waals surface area contributed by atoms with E-state index < -0.39 is 20.0 Å². The van der Waals surface area contributed by atoms with Gasteiger partial charge in [-0.05, 0) is 33.0 Å². The van der Waals surface area contributed by atoms with E-state index in [0.717, 1.165) is 0 Å². The van der Waals surface area contributed by atoms with Crippen molar-refractivity contribution in [1.29, 1.82) is 0 Å². The van der Waals surface area contributed by atoms with Crippen LogP contribution in [0.5, 0.6) is 5.75 Å². The number of sulfonamides is 2. The topological polar surface area (TPSA) is 114 Å². The summed E-state index contributed by atoms with van der Waals surface area (Å²) in [5.74, 6) is 0.176. The van der Waals surface area contributed by atoms with Crippen molar-refractivity contribution in [3.63, 3.8) is 0 Å². The lowest BCUT2D eigenvalue weighted by Crippen LogP contribution is -2.37. The van der Waals surface area contributed by atoms with Crippen molar-refractivity contribution in [2.75, 3.05) is 31.2 Å². The van der Waals surface area contributed by atoms with E-state index in [1.54, 1.807) is 7.05 Å². The summed E-state index contributed by atoms with van der Waals surface area (Å²) in [7, 11) is -4.37. The van der Waals surface area contributed by atoms with Crippen LogP contribution >= 0.6 is 12.4 Å². The molecule has 11 heteroatoms. The SMILES string of the molecule is CCS(=O)(=O)Nc1cc(OC)ccc1S(=O)(=O)NCC(C)NC.Cl. The average molecular weight is 402 g/mol. The van der Waals surface area contributed by atoms with Crippen LogP contribution in [0.3, 0.4) is 0 Å². The zero-order valence-electron chi connectivity index (χ0n) is 14.0. The van der Waals surface area contributed by atoms with E-state index in [0.29, 0.717) is 5.75 Å². The van der Waals surface area contributed by atoms with Crippen molar-refractivity contribution < 1.29 is 21.6 Å². The van der Waals surface area contributed by atoms with Crippen molar-refractivity contribution in [3.05, 3.63) is 18.2 Å². The molecule has 24 heavy (non-hydrogen) atoms. The summed E-state index contributed by atoms with van der Waals surface area (Å²) < 4.78 is 58.2. The summed E-state index contributed by atoms with van der Waals surface area (Å²) in [5.41, 5.74) is -0.0455. The van der Waals surface area contributed by atoms with E-state index in [1.807, 2.05) is 6.92 Å². The minimum atomic E-state index is -3.87. The molecule has 0 saturated carbocycles. The standard InChI is InChI=1S/C13H23N3O5S2.ClH/c1-5-22(17,18)16-12-8-11(21-4)6-7-13(12)23(19,20)15-9-10(2)14-3;/h6-8,10,14-16H,5,9H2,1-4H3;1H. The summed E-state index contributed by atoms with van der Waals surface area (Å²) in [6, 6.07) is 4.03. The number of hydrogen-bond donors (Lipinski definition) is 3. The Kier molecular flexibility index (Phi) is 9.00. The molecule has 1 rings (SSSR count). The molecule has 0 aromatic heterocycles. The Labute approximate surface area is 149 Å². The largest absolute Gasteiger partial charge is 0.497 e. The Hall–Kier alpha value is -1.07. The lowest BCUT2D eigenvalue weighted by Gasteiger charge is -2.16. The first kappa shape index (κ1) is 22.9. The van der Waals surface area contributed by atoms with E-state index in [9.17, 15) is 16.8 Å². The van der Waals surface area contributed by atoms with Gasteiger partial charge in [-0.15, -0.1) is 12.4 Å². The second kappa shape index (κ2) is 9.42. The summed E-state index contributed by atoms with van der Waals surface area (Å²) in [6.07, 6.45) is 0. The molecule has 1 aromatic carbocycles. The number of halogens is 1. The van der Waals surface area contributed by atoms with Crippen LogP contribution < -0.4 is 19.5 Å². The number of rotatable bonds is 9. The summed E-state index contributed by atoms with van der Waals surface area (Å²) in [4.78, 5) is -0.154. The van der Waals surface area contributed by atoms with Gasteiger partial charge in [-0.1, -0.05) is 0 Å². The van der Waals surface area contributed by atoms with Crippen LogP contribution in [0, 0.1) is 0 Å². The van der Waals surface area contributed by atoms with E-state index in [4.69, 9.17) is 4.74 Å². The first-order valence-corrected chi connectivity index (χ1v) is 10.1. The molecular formula is C13H24ClN3O5S2. The molecule has 140 valence electrons. The zero-order chi connectivity index (χ0) is 17.7. The third kappa shape index (κ3) is 6.44. The van der Waals surface area contributed by atoms with Gasteiger partial charge in [0, 0.05) is 18.7 Å². The maximum absolute atomic E-state index is 12.4. The zero-order valence-corrected chi connectivity index (χ0v) is 16.4. The van der Waals surface area contributed by atoms with Crippen LogP contribution in [-0.4, -0.2) is 49.3 Å². The van der Waals surface area contributed by atoms with Gasteiger partial charge in [-0.2, -0.15) is 0 Å². The molecule has 0 radical (unpaired) electrons. The van der Waals surface area contributed by atoms with Crippen molar-refractivity contribution >= 4 is 38.1 Å². The van der Waals surface area contributed by atoms with Gasteiger partial charge in [0.25, 0.3) is 0 Å². The van der Waals surface area contributed by atoms with Crippen LogP contribution in [-0.2, 0) is 20.0 Å². The molecule has 0 heterocycles. The van der Waals surface area contributed by atoms with Gasteiger partial charge >= 0.3 is 0 Å². The number of methoxy groups -OCH3 is 1. The number of ether oxygens (including phenoxy) is 1. The first-order chi connectivity index (χ1) is 10.6. The van der Waals surface area contributed by atoms with Crippen molar-refractivity contribution in [3.8, 4) is 5.75 Å². The molecule has 0 aliphatic rings. The number of hydrogen-bond acceptors (Lipinski definition) is 6. The fourth-order valence-corrected chi connectivity index (χ4v) is 3.59. The number of anilines is 1. The lowest BCUT2D eigenvalue weighted by molar-refractivity contribution is 0.414.